The molecule has 0 N–H and O–H groups in total. The monoisotopic (exact) mass is 611 g/mol. The van der Waals surface area contributed by atoms with Gasteiger partial charge in [0.15, 0.2) is 17.5 Å². The molecule has 1 heterocycles. The van der Waals surface area contributed by atoms with E-state index in [1.807, 2.05) is 12.1 Å². The molecule has 1 aromatic heterocycles. The maximum atomic E-state index is 5.11. The number of benzene rings is 8. The van der Waals surface area contributed by atoms with Crippen LogP contribution in [0, 0.1) is 0 Å². The quantitative estimate of drug-likeness (QED) is 0.182. The number of rotatable bonds is 5. The van der Waals surface area contributed by atoms with Gasteiger partial charge < -0.3 is 0 Å². The topological polar surface area (TPSA) is 38.7 Å². The summed E-state index contributed by atoms with van der Waals surface area (Å²) in [5.74, 6) is 1.93. The Morgan fingerprint density at radius 1 is 0.229 bits per heavy atom. The van der Waals surface area contributed by atoms with Crippen LogP contribution in [0.1, 0.15) is 0 Å². The van der Waals surface area contributed by atoms with E-state index < -0.39 is 0 Å². The zero-order chi connectivity index (χ0) is 31.9. The fourth-order valence-corrected chi connectivity index (χ4v) is 6.63. The van der Waals surface area contributed by atoms with Crippen LogP contribution in [-0.4, -0.2) is 15.0 Å². The van der Waals surface area contributed by atoms with Crippen molar-refractivity contribution in [3.63, 3.8) is 0 Å². The Morgan fingerprint density at radius 3 is 1.38 bits per heavy atom. The zero-order valence-corrected chi connectivity index (χ0v) is 26.1. The molecular weight excluding hydrogens is 583 g/mol. The van der Waals surface area contributed by atoms with Gasteiger partial charge in [-0.1, -0.05) is 164 Å². The Balaban J connectivity index is 1.21. The molecule has 9 aromatic rings. The van der Waals surface area contributed by atoms with Crippen molar-refractivity contribution in [1.29, 1.82) is 0 Å². The van der Waals surface area contributed by atoms with Gasteiger partial charge in [-0.15, -0.1) is 0 Å². The van der Waals surface area contributed by atoms with E-state index in [4.69, 9.17) is 15.0 Å². The molecule has 0 spiro atoms. The highest BCUT2D eigenvalue weighted by Crippen LogP contribution is 2.35. The van der Waals surface area contributed by atoms with Gasteiger partial charge in [0.25, 0.3) is 0 Å². The zero-order valence-electron chi connectivity index (χ0n) is 26.1. The second-order valence-corrected chi connectivity index (χ2v) is 12.1. The average Bonchev–Trinajstić information content (AvgIpc) is 3.18. The number of fused-ring (bicyclic) bond motifs is 5. The van der Waals surface area contributed by atoms with Gasteiger partial charge in [-0.3, -0.25) is 0 Å². The minimum Gasteiger partial charge on any atom is -0.208 e. The number of hydrogen-bond acceptors (Lipinski definition) is 3. The highest BCUT2D eigenvalue weighted by Gasteiger charge is 2.15. The molecule has 0 saturated heterocycles. The fourth-order valence-electron chi connectivity index (χ4n) is 6.63. The van der Waals surface area contributed by atoms with Crippen molar-refractivity contribution in [3.8, 4) is 56.4 Å². The van der Waals surface area contributed by atoms with E-state index in [9.17, 15) is 0 Å². The lowest BCUT2D eigenvalue weighted by Crippen LogP contribution is -2.00. The molecule has 0 atom stereocenters. The third kappa shape index (κ3) is 5.08. The molecule has 224 valence electrons. The smallest absolute Gasteiger partial charge is 0.164 e. The van der Waals surface area contributed by atoms with Crippen molar-refractivity contribution in [3.05, 3.63) is 176 Å². The molecule has 0 aliphatic carbocycles. The normalized spacial score (nSPS) is 11.3. The molecule has 0 bridgehead atoms. The molecule has 0 aliphatic heterocycles. The third-order valence-electron chi connectivity index (χ3n) is 9.12. The SMILES string of the molecule is c1ccc(-c2ccc(-c3nc(-c4cccc(-c5ccccc5)c4)nc(-c4ccc5ccc6c7ccccc7ccc6c5c4)n3)cc2)cc1. The molecular formula is C45H29N3. The van der Waals surface area contributed by atoms with E-state index in [0.29, 0.717) is 17.5 Å². The summed E-state index contributed by atoms with van der Waals surface area (Å²) >= 11 is 0. The fraction of sp³-hybridized carbons (Fsp3) is 0. The molecule has 0 saturated carbocycles. The van der Waals surface area contributed by atoms with Crippen LogP contribution in [-0.2, 0) is 0 Å². The minimum atomic E-state index is 0.642. The van der Waals surface area contributed by atoms with E-state index in [0.717, 1.165) is 33.4 Å². The van der Waals surface area contributed by atoms with Gasteiger partial charge in [-0.05, 0) is 66.7 Å². The summed E-state index contributed by atoms with van der Waals surface area (Å²) in [7, 11) is 0. The molecule has 0 radical (unpaired) electrons. The van der Waals surface area contributed by atoms with Gasteiger partial charge in [0.05, 0.1) is 0 Å². The molecule has 0 amide bonds. The molecule has 0 fully saturated rings. The second-order valence-electron chi connectivity index (χ2n) is 12.1. The van der Waals surface area contributed by atoms with Crippen molar-refractivity contribution in [2.45, 2.75) is 0 Å². The predicted molar refractivity (Wildman–Crippen MR) is 200 cm³/mol. The van der Waals surface area contributed by atoms with E-state index >= 15 is 0 Å². The van der Waals surface area contributed by atoms with E-state index in [-0.39, 0.29) is 0 Å². The van der Waals surface area contributed by atoms with Crippen molar-refractivity contribution in [2.75, 3.05) is 0 Å². The van der Waals surface area contributed by atoms with Crippen LogP contribution in [0.5, 0.6) is 0 Å². The summed E-state index contributed by atoms with van der Waals surface area (Å²) in [4.78, 5) is 15.3. The summed E-state index contributed by atoms with van der Waals surface area (Å²) in [6, 6.07) is 61.7. The maximum absolute atomic E-state index is 5.11. The Hall–Kier alpha value is -6.45. The third-order valence-corrected chi connectivity index (χ3v) is 9.12. The predicted octanol–water partition coefficient (Wildman–Crippen LogP) is 11.7. The van der Waals surface area contributed by atoms with Crippen LogP contribution >= 0.6 is 0 Å². The summed E-state index contributed by atoms with van der Waals surface area (Å²) in [5, 5.41) is 7.31. The summed E-state index contributed by atoms with van der Waals surface area (Å²) in [6.45, 7) is 0. The summed E-state index contributed by atoms with van der Waals surface area (Å²) < 4.78 is 0. The van der Waals surface area contributed by atoms with Gasteiger partial charge in [0, 0.05) is 16.7 Å². The first-order valence-corrected chi connectivity index (χ1v) is 16.2. The van der Waals surface area contributed by atoms with Crippen LogP contribution < -0.4 is 0 Å². The number of aromatic nitrogens is 3. The summed E-state index contributed by atoms with van der Waals surface area (Å²) in [6.07, 6.45) is 0. The lowest BCUT2D eigenvalue weighted by Gasteiger charge is -2.12. The van der Waals surface area contributed by atoms with Gasteiger partial charge in [-0.25, -0.2) is 15.0 Å². The highest BCUT2D eigenvalue weighted by atomic mass is 15.0. The van der Waals surface area contributed by atoms with Crippen LogP contribution in [0.25, 0.3) is 88.7 Å². The lowest BCUT2D eigenvalue weighted by molar-refractivity contribution is 1.07. The number of hydrogen-bond donors (Lipinski definition) is 0. The van der Waals surface area contributed by atoms with E-state index in [2.05, 4.69) is 164 Å². The Labute approximate surface area is 278 Å². The van der Waals surface area contributed by atoms with E-state index in [1.54, 1.807) is 0 Å². The Bertz CT molecular complexity index is 2590. The van der Waals surface area contributed by atoms with Gasteiger partial charge in [-0.2, -0.15) is 0 Å². The van der Waals surface area contributed by atoms with Crippen molar-refractivity contribution < 1.29 is 0 Å². The van der Waals surface area contributed by atoms with Crippen molar-refractivity contribution in [1.82, 2.24) is 15.0 Å². The number of nitrogens with zero attached hydrogens (tertiary/aromatic N) is 3. The molecule has 3 nitrogen and oxygen atoms in total. The molecule has 8 aromatic carbocycles. The molecule has 48 heavy (non-hydrogen) atoms. The first-order chi connectivity index (χ1) is 23.8. The molecule has 0 unspecified atom stereocenters. The Morgan fingerprint density at radius 2 is 0.667 bits per heavy atom. The van der Waals surface area contributed by atoms with Gasteiger partial charge in [0.2, 0.25) is 0 Å². The molecule has 0 aliphatic rings. The van der Waals surface area contributed by atoms with E-state index in [1.165, 1.54) is 37.9 Å². The van der Waals surface area contributed by atoms with Crippen molar-refractivity contribution in [2.24, 2.45) is 0 Å². The maximum Gasteiger partial charge on any atom is 0.164 e. The van der Waals surface area contributed by atoms with Crippen LogP contribution in [0.3, 0.4) is 0 Å². The average molecular weight is 612 g/mol. The van der Waals surface area contributed by atoms with Crippen LogP contribution in [0.4, 0.5) is 0 Å². The first kappa shape index (κ1) is 27.8. The van der Waals surface area contributed by atoms with Gasteiger partial charge >= 0.3 is 0 Å². The largest absolute Gasteiger partial charge is 0.208 e. The lowest BCUT2D eigenvalue weighted by atomic mass is 9.96. The first-order valence-electron chi connectivity index (χ1n) is 16.2. The minimum absolute atomic E-state index is 0.642. The second kappa shape index (κ2) is 11.7. The van der Waals surface area contributed by atoms with Crippen LogP contribution in [0.15, 0.2) is 176 Å². The molecule has 3 heteroatoms. The van der Waals surface area contributed by atoms with Crippen LogP contribution in [0.2, 0.25) is 0 Å². The van der Waals surface area contributed by atoms with Gasteiger partial charge in [0.1, 0.15) is 0 Å². The Kier molecular flexibility index (Phi) is 6.80. The molecule has 9 rings (SSSR count). The summed E-state index contributed by atoms with van der Waals surface area (Å²) in [5.41, 5.74) is 7.44. The standard InChI is InChI=1S/C45H29N3/c1-3-10-30(11-4-1)32-18-21-35(22-19-32)43-46-44(37-16-9-15-36(28-37)31-12-5-2-6-13-31)48-45(47-43)38-23-20-34-25-26-40-39-17-8-7-14-33(39)24-27-41(40)42(34)29-38/h1-29H. The van der Waals surface area contributed by atoms with Crippen molar-refractivity contribution >= 4 is 32.3 Å². The highest BCUT2D eigenvalue weighted by molar-refractivity contribution is 6.17.